The smallest absolute Gasteiger partial charge is 0.100 e. The Hall–Kier alpha value is -1.72. The molecular weight excluding hydrogens is 202 g/mol. The highest BCUT2D eigenvalue weighted by atomic mass is 32.2. The third-order valence-electron chi connectivity index (χ3n) is 1.90. The van der Waals surface area contributed by atoms with Crippen molar-refractivity contribution in [1.29, 1.82) is 5.26 Å². The lowest BCUT2D eigenvalue weighted by atomic mass is 10.2. The number of benzene rings is 2. The molecule has 0 bridgehead atoms. The van der Waals surface area contributed by atoms with E-state index in [-0.39, 0.29) is 0 Å². The van der Waals surface area contributed by atoms with Crippen LogP contribution in [0, 0.1) is 17.4 Å². The summed E-state index contributed by atoms with van der Waals surface area (Å²) < 4.78 is 0. The van der Waals surface area contributed by atoms with E-state index in [2.05, 4.69) is 12.1 Å². The van der Waals surface area contributed by atoms with Gasteiger partial charge in [0.2, 0.25) is 0 Å². The monoisotopic (exact) mass is 210 g/mol. The van der Waals surface area contributed by atoms with E-state index in [1.165, 1.54) is 0 Å². The van der Waals surface area contributed by atoms with Crippen LogP contribution < -0.4 is 0 Å². The molecular formula is C13H8NS. The first-order chi connectivity index (χ1) is 7.40. The molecule has 0 spiro atoms. The van der Waals surface area contributed by atoms with Crippen LogP contribution in [-0.2, 0) is 0 Å². The Morgan fingerprint density at radius 2 is 1.87 bits per heavy atom. The standard InChI is InChI=1S/C13H8NS/c14-10-11-6-4-5-9-13(11)15-12-7-2-1-3-8-12/h1-8H. The fourth-order valence-corrected chi connectivity index (χ4v) is 2.08. The first kappa shape index (κ1) is 9.82. The van der Waals surface area contributed by atoms with Crippen LogP contribution in [0.1, 0.15) is 5.56 Å². The number of hydrogen-bond acceptors (Lipinski definition) is 2. The summed E-state index contributed by atoms with van der Waals surface area (Å²) in [5, 5.41) is 8.91. The maximum atomic E-state index is 8.91. The van der Waals surface area contributed by atoms with E-state index in [1.807, 2.05) is 48.5 Å². The lowest BCUT2D eigenvalue weighted by Crippen LogP contribution is -1.80. The average Bonchev–Trinajstić information content (AvgIpc) is 2.31. The quantitative estimate of drug-likeness (QED) is 0.757. The van der Waals surface area contributed by atoms with Gasteiger partial charge in [0.05, 0.1) is 5.56 Å². The molecule has 2 heteroatoms. The molecule has 71 valence electrons. The Bertz CT molecular complexity index is 485. The van der Waals surface area contributed by atoms with Crippen LogP contribution >= 0.6 is 11.8 Å². The molecule has 0 saturated carbocycles. The molecule has 2 aromatic rings. The summed E-state index contributed by atoms with van der Waals surface area (Å²) >= 11 is 1.56. The van der Waals surface area contributed by atoms with Crippen LogP contribution in [0.25, 0.3) is 0 Å². The fourth-order valence-electron chi connectivity index (χ4n) is 1.20. The highest BCUT2D eigenvalue weighted by molar-refractivity contribution is 7.99. The van der Waals surface area contributed by atoms with E-state index in [0.29, 0.717) is 5.56 Å². The van der Waals surface area contributed by atoms with Gasteiger partial charge in [0.1, 0.15) is 6.07 Å². The molecule has 0 unspecified atom stereocenters. The summed E-state index contributed by atoms with van der Waals surface area (Å²) in [5.41, 5.74) is 0.673. The minimum Gasteiger partial charge on any atom is -0.192 e. The molecule has 15 heavy (non-hydrogen) atoms. The molecule has 0 aliphatic heterocycles. The molecule has 1 nitrogen and oxygen atoms in total. The van der Waals surface area contributed by atoms with Gasteiger partial charge in [-0.05, 0) is 24.3 Å². The summed E-state index contributed by atoms with van der Waals surface area (Å²) in [7, 11) is 0. The molecule has 0 aliphatic rings. The zero-order valence-corrected chi connectivity index (χ0v) is 8.79. The Morgan fingerprint density at radius 1 is 1.07 bits per heavy atom. The second-order valence-electron chi connectivity index (χ2n) is 2.94. The van der Waals surface area contributed by atoms with Gasteiger partial charge in [-0.15, -0.1) is 0 Å². The van der Waals surface area contributed by atoms with E-state index in [0.717, 1.165) is 9.79 Å². The van der Waals surface area contributed by atoms with Crippen molar-refractivity contribution in [2.24, 2.45) is 0 Å². The molecule has 2 aromatic carbocycles. The number of nitriles is 1. The van der Waals surface area contributed by atoms with Gasteiger partial charge in [-0.2, -0.15) is 5.26 Å². The normalized spacial score (nSPS) is 9.53. The van der Waals surface area contributed by atoms with Gasteiger partial charge in [-0.3, -0.25) is 0 Å². The van der Waals surface area contributed by atoms with Gasteiger partial charge in [0.25, 0.3) is 0 Å². The predicted molar refractivity (Wildman–Crippen MR) is 60.6 cm³/mol. The largest absolute Gasteiger partial charge is 0.192 e. The summed E-state index contributed by atoms with van der Waals surface area (Å²) in [6.45, 7) is 0. The van der Waals surface area contributed by atoms with Crippen molar-refractivity contribution < 1.29 is 0 Å². The van der Waals surface area contributed by atoms with Gasteiger partial charge in [0, 0.05) is 9.79 Å². The maximum absolute atomic E-state index is 8.91. The van der Waals surface area contributed by atoms with Crippen molar-refractivity contribution in [3.05, 3.63) is 60.2 Å². The zero-order chi connectivity index (χ0) is 10.5. The molecule has 1 radical (unpaired) electrons. The Morgan fingerprint density at radius 3 is 2.60 bits per heavy atom. The molecule has 0 amide bonds. The van der Waals surface area contributed by atoms with Gasteiger partial charge >= 0.3 is 0 Å². The van der Waals surface area contributed by atoms with Crippen molar-refractivity contribution in [1.82, 2.24) is 0 Å². The third-order valence-corrected chi connectivity index (χ3v) is 2.95. The summed E-state index contributed by atoms with van der Waals surface area (Å²) in [4.78, 5) is 2.00. The van der Waals surface area contributed by atoms with E-state index < -0.39 is 0 Å². The van der Waals surface area contributed by atoms with Crippen LogP contribution in [0.5, 0.6) is 0 Å². The van der Waals surface area contributed by atoms with Crippen molar-refractivity contribution in [3.63, 3.8) is 0 Å². The van der Waals surface area contributed by atoms with Gasteiger partial charge < -0.3 is 0 Å². The lowest BCUT2D eigenvalue weighted by molar-refractivity contribution is 1.34. The maximum Gasteiger partial charge on any atom is 0.100 e. The summed E-state index contributed by atoms with van der Waals surface area (Å²) in [6, 6.07) is 20.7. The average molecular weight is 210 g/mol. The van der Waals surface area contributed by atoms with E-state index in [1.54, 1.807) is 11.8 Å². The number of hydrogen-bond donors (Lipinski definition) is 0. The minimum absolute atomic E-state index is 0.673. The molecule has 0 heterocycles. The van der Waals surface area contributed by atoms with Crippen molar-refractivity contribution >= 4 is 11.8 Å². The van der Waals surface area contributed by atoms with Gasteiger partial charge in [-0.25, -0.2) is 0 Å². The second kappa shape index (κ2) is 4.68. The zero-order valence-electron chi connectivity index (χ0n) is 7.97. The van der Waals surface area contributed by atoms with Crippen molar-refractivity contribution in [3.8, 4) is 6.07 Å². The molecule has 0 saturated heterocycles. The Balaban J connectivity index is 2.29. The highest BCUT2D eigenvalue weighted by Crippen LogP contribution is 2.29. The van der Waals surface area contributed by atoms with E-state index >= 15 is 0 Å². The predicted octanol–water partition coefficient (Wildman–Crippen LogP) is 3.51. The first-order valence-electron chi connectivity index (χ1n) is 4.54. The van der Waals surface area contributed by atoms with Crippen LogP contribution in [-0.4, -0.2) is 0 Å². The van der Waals surface area contributed by atoms with Crippen molar-refractivity contribution in [2.45, 2.75) is 9.79 Å². The Labute approximate surface area is 93.4 Å². The second-order valence-corrected chi connectivity index (χ2v) is 4.02. The van der Waals surface area contributed by atoms with Crippen LogP contribution in [0.15, 0.2) is 58.3 Å². The SMILES string of the molecule is N#Cc1ccc[c]c1Sc1ccccc1. The van der Waals surface area contributed by atoms with E-state index in [4.69, 9.17) is 5.26 Å². The van der Waals surface area contributed by atoms with Crippen molar-refractivity contribution in [2.75, 3.05) is 0 Å². The van der Waals surface area contributed by atoms with Gasteiger partial charge in [-0.1, -0.05) is 42.1 Å². The summed E-state index contributed by atoms with van der Waals surface area (Å²) in [5.74, 6) is 0. The topological polar surface area (TPSA) is 23.8 Å². The Kier molecular flexibility index (Phi) is 3.06. The first-order valence-corrected chi connectivity index (χ1v) is 5.35. The molecule has 0 aromatic heterocycles. The summed E-state index contributed by atoms with van der Waals surface area (Å²) in [6.07, 6.45) is 0. The minimum atomic E-state index is 0.673. The third kappa shape index (κ3) is 2.39. The highest BCUT2D eigenvalue weighted by Gasteiger charge is 2.02. The van der Waals surface area contributed by atoms with E-state index in [9.17, 15) is 0 Å². The molecule has 0 aliphatic carbocycles. The van der Waals surface area contributed by atoms with Gasteiger partial charge in [0.15, 0.2) is 0 Å². The van der Waals surface area contributed by atoms with Crippen LogP contribution in [0.3, 0.4) is 0 Å². The molecule has 0 atom stereocenters. The fraction of sp³-hybridized carbons (Fsp3) is 0. The van der Waals surface area contributed by atoms with Crippen LogP contribution in [0.2, 0.25) is 0 Å². The molecule has 0 fully saturated rings. The molecule has 0 N–H and O–H groups in total. The number of nitrogens with zero attached hydrogens (tertiary/aromatic N) is 1. The lowest BCUT2D eigenvalue weighted by Gasteiger charge is -2.02. The van der Waals surface area contributed by atoms with Crippen LogP contribution in [0.4, 0.5) is 0 Å². The number of rotatable bonds is 2. The molecule has 2 rings (SSSR count).